The lowest BCUT2D eigenvalue weighted by Crippen LogP contribution is -2.00. The zero-order valence-electron chi connectivity index (χ0n) is 7.05. The van der Waals surface area contributed by atoms with E-state index in [-0.39, 0.29) is 17.0 Å². The second-order valence-electron chi connectivity index (χ2n) is 2.43. The summed E-state index contributed by atoms with van der Waals surface area (Å²) in [6.07, 6.45) is 0. The van der Waals surface area contributed by atoms with Crippen LogP contribution in [0.4, 0.5) is 4.39 Å². The number of rotatable bonds is 1. The van der Waals surface area contributed by atoms with Crippen LogP contribution >= 0.6 is 11.6 Å². The summed E-state index contributed by atoms with van der Waals surface area (Å²) in [5.41, 5.74) is 0.113. The summed E-state index contributed by atoms with van der Waals surface area (Å²) >= 11 is 5.32. The normalized spacial score (nSPS) is 9.00. The molecule has 72 valence electrons. The molecule has 0 heterocycles. The summed E-state index contributed by atoms with van der Waals surface area (Å²) in [4.78, 5) is 10.7. The van der Waals surface area contributed by atoms with E-state index in [1.165, 1.54) is 6.07 Å². The van der Waals surface area contributed by atoms with Crippen molar-refractivity contribution in [1.29, 1.82) is 0 Å². The summed E-state index contributed by atoms with van der Waals surface area (Å²) in [6, 6.07) is 3.41. The van der Waals surface area contributed by atoms with E-state index in [9.17, 15) is 9.18 Å². The second-order valence-corrected chi connectivity index (χ2v) is 2.70. The highest BCUT2D eigenvalue weighted by molar-refractivity contribution is 6.19. The average Bonchev–Trinajstić information content (AvgIpc) is 2.15. The highest BCUT2D eigenvalue weighted by Crippen LogP contribution is 2.10. The molecule has 0 spiro atoms. The van der Waals surface area contributed by atoms with Gasteiger partial charge in [0.25, 0.3) is 0 Å². The maximum Gasteiger partial charge on any atom is 0.337 e. The Hall–Kier alpha value is -1.53. The number of hydrogen-bond acceptors (Lipinski definition) is 1. The molecule has 0 saturated carbocycles. The molecule has 0 aromatic heterocycles. The highest BCUT2D eigenvalue weighted by Gasteiger charge is 2.08. The van der Waals surface area contributed by atoms with Crippen LogP contribution in [0.5, 0.6) is 0 Å². The molecule has 0 amide bonds. The van der Waals surface area contributed by atoms with E-state index in [0.717, 1.165) is 12.1 Å². The van der Waals surface area contributed by atoms with Gasteiger partial charge in [0, 0.05) is 5.56 Å². The summed E-state index contributed by atoms with van der Waals surface area (Å²) in [5.74, 6) is 3.36. The Morgan fingerprint density at radius 1 is 1.57 bits per heavy atom. The number of halogens is 2. The van der Waals surface area contributed by atoms with Crippen LogP contribution in [0, 0.1) is 17.7 Å². The van der Waals surface area contributed by atoms with E-state index in [4.69, 9.17) is 16.7 Å². The lowest BCUT2D eigenvalue weighted by molar-refractivity contribution is 0.0696. The van der Waals surface area contributed by atoms with Crippen LogP contribution in [0.15, 0.2) is 18.2 Å². The summed E-state index contributed by atoms with van der Waals surface area (Å²) in [6.45, 7) is 0. The first-order valence-electron chi connectivity index (χ1n) is 3.73. The van der Waals surface area contributed by atoms with Crippen molar-refractivity contribution in [3.63, 3.8) is 0 Å². The molecule has 0 bridgehead atoms. The Kier molecular flexibility index (Phi) is 3.49. The first-order chi connectivity index (χ1) is 6.65. The number of hydrogen-bond donors (Lipinski definition) is 1. The number of carboxylic acid groups (broad SMARTS) is 1. The van der Waals surface area contributed by atoms with Crippen molar-refractivity contribution in [2.75, 3.05) is 5.88 Å². The molecule has 1 aromatic rings. The molecule has 4 heteroatoms. The molecule has 0 unspecified atom stereocenters. The van der Waals surface area contributed by atoms with Crippen molar-refractivity contribution in [3.8, 4) is 11.8 Å². The lowest BCUT2D eigenvalue weighted by atomic mass is 10.1. The molecule has 0 aliphatic rings. The fourth-order valence-electron chi connectivity index (χ4n) is 0.931. The maximum atomic E-state index is 12.7. The minimum atomic E-state index is -1.21. The zero-order chi connectivity index (χ0) is 10.6. The average molecular weight is 213 g/mol. The minimum absolute atomic E-state index is 0.108. The Bertz CT molecular complexity index is 418. The predicted molar refractivity (Wildman–Crippen MR) is 51.0 cm³/mol. The van der Waals surface area contributed by atoms with Gasteiger partial charge in [0.2, 0.25) is 0 Å². The number of alkyl halides is 1. The van der Waals surface area contributed by atoms with Crippen LogP contribution in [0.3, 0.4) is 0 Å². The van der Waals surface area contributed by atoms with Gasteiger partial charge in [-0.3, -0.25) is 0 Å². The molecule has 0 atom stereocenters. The fraction of sp³-hybridized carbons (Fsp3) is 0.100. The van der Waals surface area contributed by atoms with Crippen molar-refractivity contribution in [1.82, 2.24) is 0 Å². The topological polar surface area (TPSA) is 37.3 Å². The quantitative estimate of drug-likeness (QED) is 0.572. The first kappa shape index (κ1) is 10.6. The summed E-state index contributed by atoms with van der Waals surface area (Å²) in [5, 5.41) is 8.72. The van der Waals surface area contributed by atoms with Gasteiger partial charge >= 0.3 is 5.97 Å². The lowest BCUT2D eigenvalue weighted by Gasteiger charge is -1.98. The van der Waals surface area contributed by atoms with Crippen LogP contribution in [0.1, 0.15) is 15.9 Å². The molecular weight excluding hydrogens is 207 g/mol. The predicted octanol–water partition coefficient (Wildman–Crippen LogP) is 2.11. The Balaban J connectivity index is 3.22. The van der Waals surface area contributed by atoms with E-state index in [0.29, 0.717) is 0 Å². The Morgan fingerprint density at radius 3 is 2.86 bits per heavy atom. The van der Waals surface area contributed by atoms with Crippen molar-refractivity contribution < 1.29 is 14.3 Å². The molecule has 1 N–H and O–H groups in total. The van der Waals surface area contributed by atoms with Crippen LogP contribution in [0.2, 0.25) is 0 Å². The van der Waals surface area contributed by atoms with Crippen molar-refractivity contribution >= 4 is 17.6 Å². The standard InChI is InChI=1S/C10H6ClFO2/c11-5-1-2-7-3-4-8(12)6-9(7)10(13)14/h3-4,6H,5H2,(H,13,14). The smallest absolute Gasteiger partial charge is 0.337 e. The molecule has 2 nitrogen and oxygen atoms in total. The first-order valence-corrected chi connectivity index (χ1v) is 4.26. The van der Waals surface area contributed by atoms with Crippen molar-refractivity contribution in [2.24, 2.45) is 0 Å². The van der Waals surface area contributed by atoms with E-state index < -0.39 is 11.8 Å². The van der Waals surface area contributed by atoms with Gasteiger partial charge in [-0.15, -0.1) is 11.6 Å². The third-order valence-corrected chi connectivity index (χ3v) is 1.64. The largest absolute Gasteiger partial charge is 0.478 e. The molecule has 0 fully saturated rings. The maximum absolute atomic E-state index is 12.7. The molecular formula is C10H6ClFO2. The van der Waals surface area contributed by atoms with Gasteiger partial charge in [-0.25, -0.2) is 9.18 Å². The summed E-state index contributed by atoms with van der Waals surface area (Å²) in [7, 11) is 0. The van der Waals surface area contributed by atoms with E-state index >= 15 is 0 Å². The van der Waals surface area contributed by atoms with Crippen LogP contribution < -0.4 is 0 Å². The van der Waals surface area contributed by atoms with Gasteiger partial charge in [0.1, 0.15) is 5.82 Å². The molecule has 0 aliphatic heterocycles. The van der Waals surface area contributed by atoms with Crippen molar-refractivity contribution in [3.05, 3.63) is 35.1 Å². The van der Waals surface area contributed by atoms with Crippen LogP contribution in [-0.4, -0.2) is 17.0 Å². The third-order valence-electron chi connectivity index (χ3n) is 1.50. The van der Waals surface area contributed by atoms with Gasteiger partial charge in [-0.05, 0) is 18.2 Å². The van der Waals surface area contributed by atoms with Gasteiger partial charge in [0.05, 0.1) is 11.4 Å². The van der Waals surface area contributed by atoms with Crippen LogP contribution in [0.25, 0.3) is 0 Å². The minimum Gasteiger partial charge on any atom is -0.478 e. The van der Waals surface area contributed by atoms with Gasteiger partial charge < -0.3 is 5.11 Å². The van der Waals surface area contributed by atoms with Gasteiger partial charge in [-0.1, -0.05) is 11.8 Å². The van der Waals surface area contributed by atoms with E-state index in [1.54, 1.807) is 0 Å². The molecule has 14 heavy (non-hydrogen) atoms. The number of carbonyl (C=O) groups is 1. The monoisotopic (exact) mass is 212 g/mol. The molecule has 1 aromatic carbocycles. The second kappa shape index (κ2) is 4.64. The molecule has 0 saturated heterocycles. The van der Waals surface area contributed by atoms with Crippen molar-refractivity contribution in [2.45, 2.75) is 0 Å². The fourth-order valence-corrected chi connectivity index (χ4v) is 0.998. The number of aromatic carboxylic acids is 1. The van der Waals surface area contributed by atoms with E-state index in [1.807, 2.05) is 0 Å². The van der Waals surface area contributed by atoms with Crippen LogP contribution in [-0.2, 0) is 0 Å². The highest BCUT2D eigenvalue weighted by atomic mass is 35.5. The molecule has 0 aliphatic carbocycles. The number of benzene rings is 1. The summed E-state index contributed by atoms with van der Waals surface area (Å²) < 4.78 is 12.7. The van der Waals surface area contributed by atoms with Gasteiger partial charge in [0.15, 0.2) is 0 Å². The Labute approximate surface area is 85.3 Å². The van der Waals surface area contributed by atoms with E-state index in [2.05, 4.69) is 11.8 Å². The van der Waals surface area contributed by atoms with Gasteiger partial charge in [-0.2, -0.15) is 0 Å². The SMILES string of the molecule is O=C(O)c1cc(F)ccc1C#CCCl. The Morgan fingerprint density at radius 2 is 2.29 bits per heavy atom. The zero-order valence-corrected chi connectivity index (χ0v) is 7.81. The number of carboxylic acids is 1. The molecule has 0 radical (unpaired) electrons. The molecule has 1 rings (SSSR count). The third kappa shape index (κ3) is 2.48.